The predicted octanol–water partition coefficient (Wildman–Crippen LogP) is 5.26. The van der Waals surface area contributed by atoms with Gasteiger partial charge in [0.15, 0.2) is 9.84 Å². The number of thioether (sulfide) groups is 1. The third-order valence-electron chi connectivity index (χ3n) is 5.20. The van der Waals surface area contributed by atoms with Gasteiger partial charge in [-0.05, 0) is 25.0 Å². The van der Waals surface area contributed by atoms with Crippen LogP contribution in [0.5, 0.6) is 0 Å². The molecule has 0 bridgehead atoms. The number of pyridine rings is 1. The Morgan fingerprint density at radius 2 is 1.79 bits per heavy atom. The largest absolute Gasteiger partial charge is 0.391 e. The average molecular weight is 481 g/mol. The van der Waals surface area contributed by atoms with Crippen LogP contribution in [0.4, 0.5) is 0 Å². The standard InChI is InChI=1S/C26H28N2O3S2/c1-3-4-14-33(30,31)18-22(29)17-32-26-24(16-27)23(20-8-6-5-7-9-20)15-25(28-26)21-12-10-19(2)11-13-21/h5-13,15,22,29H,3-4,14,17-18H2,1-2H3/t22-/m1/s1. The number of nitriles is 1. The molecule has 1 N–H and O–H groups in total. The van der Waals surface area contributed by atoms with Crippen molar-refractivity contribution in [1.29, 1.82) is 5.26 Å². The third kappa shape index (κ3) is 6.91. The van der Waals surface area contributed by atoms with Crippen LogP contribution in [-0.4, -0.2) is 41.9 Å². The highest BCUT2D eigenvalue weighted by Crippen LogP contribution is 2.34. The maximum Gasteiger partial charge on any atom is 0.152 e. The Labute approximate surface area is 200 Å². The van der Waals surface area contributed by atoms with Crippen molar-refractivity contribution in [2.45, 2.75) is 37.8 Å². The number of rotatable bonds is 10. The van der Waals surface area contributed by atoms with Gasteiger partial charge in [-0.2, -0.15) is 5.26 Å². The van der Waals surface area contributed by atoms with Crippen molar-refractivity contribution >= 4 is 21.6 Å². The Morgan fingerprint density at radius 1 is 1.09 bits per heavy atom. The average Bonchev–Trinajstić information content (AvgIpc) is 2.81. The van der Waals surface area contributed by atoms with E-state index >= 15 is 0 Å². The lowest BCUT2D eigenvalue weighted by Crippen LogP contribution is -2.25. The highest BCUT2D eigenvalue weighted by molar-refractivity contribution is 7.99. The van der Waals surface area contributed by atoms with Crippen LogP contribution in [0.1, 0.15) is 30.9 Å². The van der Waals surface area contributed by atoms with Crippen LogP contribution >= 0.6 is 11.8 Å². The number of nitrogens with zero attached hydrogens (tertiary/aromatic N) is 2. The zero-order chi connectivity index (χ0) is 23.8. The van der Waals surface area contributed by atoms with Crippen molar-refractivity contribution in [2.75, 3.05) is 17.3 Å². The second-order valence-corrected chi connectivity index (χ2v) is 11.2. The van der Waals surface area contributed by atoms with Crippen molar-refractivity contribution in [2.24, 2.45) is 0 Å². The van der Waals surface area contributed by atoms with E-state index in [1.807, 2.05) is 74.5 Å². The SMILES string of the molecule is CCCCS(=O)(=O)C[C@H](O)CSc1nc(-c2ccc(C)cc2)cc(-c2ccccc2)c1C#N. The van der Waals surface area contributed by atoms with E-state index in [0.717, 1.165) is 34.4 Å². The molecule has 0 saturated carbocycles. The minimum absolute atomic E-state index is 0.0774. The third-order valence-corrected chi connectivity index (χ3v) is 8.12. The van der Waals surface area contributed by atoms with E-state index in [-0.39, 0.29) is 17.3 Å². The van der Waals surface area contributed by atoms with Gasteiger partial charge in [0.2, 0.25) is 0 Å². The van der Waals surface area contributed by atoms with Gasteiger partial charge in [-0.25, -0.2) is 13.4 Å². The molecule has 7 heteroatoms. The lowest BCUT2D eigenvalue weighted by Gasteiger charge is -2.15. The van der Waals surface area contributed by atoms with Gasteiger partial charge in [-0.3, -0.25) is 0 Å². The topological polar surface area (TPSA) is 91.1 Å². The van der Waals surface area contributed by atoms with E-state index in [4.69, 9.17) is 4.98 Å². The summed E-state index contributed by atoms with van der Waals surface area (Å²) in [5, 5.41) is 20.8. The molecule has 0 amide bonds. The molecule has 0 aliphatic heterocycles. The Bertz CT molecular complexity index is 1220. The van der Waals surface area contributed by atoms with Gasteiger partial charge in [0, 0.05) is 16.9 Å². The van der Waals surface area contributed by atoms with E-state index in [2.05, 4.69) is 6.07 Å². The Balaban J connectivity index is 1.95. The van der Waals surface area contributed by atoms with Crippen molar-refractivity contribution in [1.82, 2.24) is 4.98 Å². The normalized spacial score (nSPS) is 12.3. The van der Waals surface area contributed by atoms with Gasteiger partial charge in [-0.15, -0.1) is 11.8 Å². The van der Waals surface area contributed by atoms with Gasteiger partial charge in [0.25, 0.3) is 0 Å². The van der Waals surface area contributed by atoms with E-state index in [9.17, 15) is 18.8 Å². The molecule has 0 aliphatic carbocycles. The number of aryl methyl sites for hydroxylation is 1. The fourth-order valence-electron chi connectivity index (χ4n) is 3.42. The minimum Gasteiger partial charge on any atom is -0.391 e. The summed E-state index contributed by atoms with van der Waals surface area (Å²) >= 11 is 1.22. The summed E-state index contributed by atoms with van der Waals surface area (Å²) in [5.74, 6) is -0.0717. The number of aliphatic hydroxyl groups is 1. The Hall–Kier alpha value is -2.66. The number of hydrogen-bond donors (Lipinski definition) is 1. The van der Waals surface area contributed by atoms with Gasteiger partial charge in [0.05, 0.1) is 28.9 Å². The molecule has 0 saturated heterocycles. The molecule has 1 aromatic heterocycles. The van der Waals surface area contributed by atoms with Crippen LogP contribution in [0, 0.1) is 18.3 Å². The fourth-order valence-corrected chi connectivity index (χ4v) is 6.10. The molecule has 3 rings (SSSR count). The molecule has 0 unspecified atom stereocenters. The summed E-state index contributed by atoms with van der Waals surface area (Å²) in [6.45, 7) is 3.95. The maximum atomic E-state index is 12.2. The number of aromatic nitrogens is 1. The number of sulfone groups is 1. The van der Waals surface area contributed by atoms with Gasteiger partial charge >= 0.3 is 0 Å². The molecule has 0 radical (unpaired) electrons. The molecule has 2 aromatic carbocycles. The van der Waals surface area contributed by atoms with E-state index < -0.39 is 15.9 Å². The highest BCUT2D eigenvalue weighted by atomic mass is 32.2. The molecule has 0 spiro atoms. The first-order valence-electron chi connectivity index (χ1n) is 10.9. The van der Waals surface area contributed by atoms with Crippen LogP contribution in [0.3, 0.4) is 0 Å². The molecule has 5 nitrogen and oxygen atoms in total. The van der Waals surface area contributed by atoms with Crippen LogP contribution in [0.25, 0.3) is 22.4 Å². The molecule has 172 valence electrons. The summed E-state index contributed by atoms with van der Waals surface area (Å²) in [7, 11) is -3.32. The summed E-state index contributed by atoms with van der Waals surface area (Å²) in [6, 6.07) is 21.8. The van der Waals surface area contributed by atoms with E-state index in [1.165, 1.54) is 11.8 Å². The number of unbranched alkanes of at least 4 members (excludes halogenated alkanes) is 1. The summed E-state index contributed by atoms with van der Waals surface area (Å²) < 4.78 is 24.4. The van der Waals surface area contributed by atoms with Crippen LogP contribution in [0.15, 0.2) is 65.7 Å². The predicted molar refractivity (Wildman–Crippen MR) is 135 cm³/mol. The quantitative estimate of drug-likeness (QED) is 0.398. The van der Waals surface area contributed by atoms with Crippen LogP contribution in [-0.2, 0) is 9.84 Å². The van der Waals surface area contributed by atoms with Crippen molar-refractivity contribution in [3.05, 3.63) is 71.8 Å². The van der Waals surface area contributed by atoms with E-state index in [1.54, 1.807) is 0 Å². The summed E-state index contributed by atoms with van der Waals surface area (Å²) in [6.07, 6.45) is 0.336. The Morgan fingerprint density at radius 3 is 2.42 bits per heavy atom. The molecule has 0 aliphatic rings. The van der Waals surface area contributed by atoms with Crippen molar-refractivity contribution in [3.8, 4) is 28.5 Å². The minimum atomic E-state index is -3.32. The van der Waals surface area contributed by atoms with Gasteiger partial charge in [-0.1, -0.05) is 73.5 Å². The molecule has 1 atom stereocenters. The number of benzene rings is 2. The fraction of sp³-hybridized carbons (Fsp3) is 0.308. The zero-order valence-corrected chi connectivity index (χ0v) is 20.5. The molecular formula is C26H28N2O3S2. The first-order valence-corrected chi connectivity index (χ1v) is 13.7. The monoisotopic (exact) mass is 480 g/mol. The maximum absolute atomic E-state index is 12.2. The lowest BCUT2D eigenvalue weighted by molar-refractivity contribution is 0.222. The van der Waals surface area contributed by atoms with E-state index in [0.29, 0.717) is 17.0 Å². The molecule has 33 heavy (non-hydrogen) atoms. The first-order chi connectivity index (χ1) is 15.8. The first kappa shape index (κ1) is 25.0. The molecule has 1 heterocycles. The van der Waals surface area contributed by atoms with Crippen molar-refractivity contribution < 1.29 is 13.5 Å². The molecular weight excluding hydrogens is 452 g/mol. The number of hydrogen-bond acceptors (Lipinski definition) is 6. The van der Waals surface area contributed by atoms with Crippen LogP contribution < -0.4 is 0 Å². The molecule has 0 fully saturated rings. The second kappa shape index (κ2) is 11.5. The van der Waals surface area contributed by atoms with Crippen molar-refractivity contribution in [3.63, 3.8) is 0 Å². The van der Waals surface area contributed by atoms with Gasteiger partial charge in [0.1, 0.15) is 11.1 Å². The second-order valence-electron chi connectivity index (χ2n) is 8.01. The number of aliphatic hydroxyl groups excluding tert-OH is 1. The summed E-state index contributed by atoms with van der Waals surface area (Å²) in [5.41, 5.74) is 4.86. The van der Waals surface area contributed by atoms with Gasteiger partial charge < -0.3 is 5.11 Å². The Kier molecular flexibility index (Phi) is 8.67. The highest BCUT2D eigenvalue weighted by Gasteiger charge is 2.20. The van der Waals surface area contributed by atoms with Crippen LogP contribution in [0.2, 0.25) is 0 Å². The summed E-state index contributed by atoms with van der Waals surface area (Å²) in [4.78, 5) is 4.73. The molecule has 3 aromatic rings. The smallest absolute Gasteiger partial charge is 0.152 e. The lowest BCUT2D eigenvalue weighted by atomic mass is 9.99. The zero-order valence-electron chi connectivity index (χ0n) is 18.9.